The Balaban J connectivity index is 1.37. The van der Waals surface area contributed by atoms with Gasteiger partial charge < -0.3 is 20.3 Å². The lowest BCUT2D eigenvalue weighted by Crippen LogP contribution is -2.46. The van der Waals surface area contributed by atoms with Gasteiger partial charge in [0.25, 0.3) is 0 Å². The van der Waals surface area contributed by atoms with Crippen molar-refractivity contribution in [3.05, 3.63) is 79.5 Å². The monoisotopic (exact) mass is 441 g/mol. The van der Waals surface area contributed by atoms with E-state index in [-0.39, 0.29) is 12.2 Å². The van der Waals surface area contributed by atoms with Gasteiger partial charge in [0, 0.05) is 48.6 Å². The molecule has 0 spiro atoms. The van der Waals surface area contributed by atoms with Crippen LogP contribution in [0.5, 0.6) is 0 Å². The van der Waals surface area contributed by atoms with Crippen LogP contribution in [-0.4, -0.2) is 44.9 Å². The van der Waals surface area contributed by atoms with Crippen molar-refractivity contribution in [1.29, 1.82) is 0 Å². The van der Waals surface area contributed by atoms with E-state index in [1.165, 1.54) is 0 Å². The minimum atomic E-state index is 0.154. The first-order chi connectivity index (χ1) is 16.0. The highest BCUT2D eigenvalue weighted by Crippen LogP contribution is 2.27. The van der Waals surface area contributed by atoms with Gasteiger partial charge in [-0.25, -0.2) is 9.50 Å². The third-order valence-corrected chi connectivity index (χ3v) is 5.50. The van der Waals surface area contributed by atoms with Crippen LogP contribution in [-0.2, 0) is 4.74 Å². The van der Waals surface area contributed by atoms with Crippen LogP contribution in [0.4, 0.5) is 17.2 Å². The molecule has 1 aliphatic rings. The number of pyridine rings is 1. The first-order valence-corrected chi connectivity index (χ1v) is 11.0. The van der Waals surface area contributed by atoms with Crippen LogP contribution in [0.2, 0.25) is 0 Å². The summed E-state index contributed by atoms with van der Waals surface area (Å²) in [6, 6.07) is 15.9. The number of hydrogen-bond donors (Lipinski definition) is 2. The van der Waals surface area contributed by atoms with Crippen LogP contribution in [0.25, 0.3) is 16.9 Å². The number of hydrogen-bond acceptors (Lipinski definition) is 7. The van der Waals surface area contributed by atoms with Crippen LogP contribution in [0.15, 0.2) is 79.5 Å². The average Bonchev–Trinajstić information content (AvgIpc) is 3.28. The van der Waals surface area contributed by atoms with E-state index < -0.39 is 0 Å². The van der Waals surface area contributed by atoms with Gasteiger partial charge in [0.1, 0.15) is 11.3 Å². The van der Waals surface area contributed by atoms with Gasteiger partial charge in [-0.2, -0.15) is 0 Å². The van der Waals surface area contributed by atoms with Gasteiger partial charge in [-0.1, -0.05) is 6.58 Å². The largest absolute Gasteiger partial charge is 0.372 e. The van der Waals surface area contributed by atoms with Crippen molar-refractivity contribution in [2.75, 3.05) is 28.6 Å². The fourth-order valence-electron chi connectivity index (χ4n) is 4.14. The van der Waals surface area contributed by atoms with Crippen molar-refractivity contribution in [3.63, 3.8) is 0 Å². The van der Waals surface area contributed by atoms with Crippen molar-refractivity contribution in [1.82, 2.24) is 19.6 Å². The number of rotatable bonds is 6. The van der Waals surface area contributed by atoms with E-state index >= 15 is 0 Å². The molecule has 5 rings (SSSR count). The highest BCUT2D eigenvalue weighted by Gasteiger charge is 2.25. The van der Waals surface area contributed by atoms with Gasteiger partial charge in [-0.05, 0) is 62.4 Å². The van der Waals surface area contributed by atoms with Gasteiger partial charge in [-0.15, -0.1) is 5.10 Å². The SMILES string of the molecule is C=C(Nc1ccncc1)Nc1ccc(-c2nc(N3C[C@@H](C)O[C@@H](C)C3)c3cccn3n2)cc1. The molecule has 8 nitrogen and oxygen atoms in total. The summed E-state index contributed by atoms with van der Waals surface area (Å²) in [5, 5.41) is 11.2. The van der Waals surface area contributed by atoms with Crippen molar-refractivity contribution in [3.8, 4) is 11.4 Å². The average molecular weight is 442 g/mol. The van der Waals surface area contributed by atoms with Crippen molar-refractivity contribution < 1.29 is 4.74 Å². The molecule has 0 saturated carbocycles. The highest BCUT2D eigenvalue weighted by atomic mass is 16.5. The molecule has 0 radical (unpaired) electrons. The molecule has 1 aliphatic heterocycles. The van der Waals surface area contributed by atoms with E-state index in [4.69, 9.17) is 14.8 Å². The Morgan fingerprint density at radius 2 is 1.64 bits per heavy atom. The number of ether oxygens (including phenoxy) is 1. The maximum atomic E-state index is 5.91. The smallest absolute Gasteiger partial charge is 0.182 e. The lowest BCUT2D eigenvalue weighted by Gasteiger charge is -2.36. The van der Waals surface area contributed by atoms with E-state index in [9.17, 15) is 0 Å². The topological polar surface area (TPSA) is 79.6 Å². The number of aromatic nitrogens is 4. The van der Waals surface area contributed by atoms with Crippen LogP contribution in [0.3, 0.4) is 0 Å². The molecule has 2 N–H and O–H groups in total. The molecule has 1 aromatic carbocycles. The molecule has 0 amide bonds. The summed E-state index contributed by atoms with van der Waals surface area (Å²) in [7, 11) is 0. The van der Waals surface area contributed by atoms with Gasteiger partial charge in [0.05, 0.1) is 12.2 Å². The first kappa shape index (κ1) is 21.0. The molecule has 8 heteroatoms. The Morgan fingerprint density at radius 1 is 0.970 bits per heavy atom. The number of nitrogens with one attached hydrogen (secondary N) is 2. The second-order valence-electron chi connectivity index (χ2n) is 8.30. The number of morpholine rings is 1. The summed E-state index contributed by atoms with van der Waals surface area (Å²) < 4.78 is 7.81. The van der Waals surface area contributed by atoms with Crippen LogP contribution >= 0.6 is 0 Å². The molecular formula is C25H27N7O. The van der Waals surface area contributed by atoms with Crippen LogP contribution in [0.1, 0.15) is 13.8 Å². The van der Waals surface area contributed by atoms with Gasteiger partial charge in [-0.3, -0.25) is 4.98 Å². The molecule has 3 aromatic heterocycles. The fraction of sp³-hybridized carbons (Fsp3) is 0.240. The highest BCUT2D eigenvalue weighted by molar-refractivity contribution is 5.72. The zero-order valence-electron chi connectivity index (χ0n) is 18.8. The number of nitrogens with zero attached hydrogens (tertiary/aromatic N) is 5. The minimum absolute atomic E-state index is 0.154. The van der Waals surface area contributed by atoms with Gasteiger partial charge in [0.15, 0.2) is 11.6 Å². The van der Waals surface area contributed by atoms with Crippen molar-refractivity contribution in [2.24, 2.45) is 0 Å². The fourth-order valence-corrected chi connectivity index (χ4v) is 4.14. The summed E-state index contributed by atoms with van der Waals surface area (Å²) in [6.07, 6.45) is 5.74. The van der Waals surface area contributed by atoms with Gasteiger partial charge >= 0.3 is 0 Å². The van der Waals surface area contributed by atoms with E-state index in [1.54, 1.807) is 12.4 Å². The minimum Gasteiger partial charge on any atom is -0.372 e. The maximum Gasteiger partial charge on any atom is 0.182 e. The molecule has 4 heterocycles. The second-order valence-corrected chi connectivity index (χ2v) is 8.30. The summed E-state index contributed by atoms with van der Waals surface area (Å²) in [5.41, 5.74) is 3.78. The zero-order chi connectivity index (χ0) is 22.8. The standard InChI is InChI=1S/C25H27N7O/c1-17-15-31(16-18(2)33-17)25-23-5-4-14-32(23)30-24(29-25)20-6-8-21(9-7-20)27-19(3)28-22-10-12-26-13-11-22/h4-14,17-18,27H,3,15-16H2,1-2H3,(H,26,28)/t17-,18+. The number of benzene rings is 1. The Bertz CT molecular complexity index is 1240. The quantitative estimate of drug-likeness (QED) is 0.459. The predicted molar refractivity (Wildman–Crippen MR) is 131 cm³/mol. The number of anilines is 3. The molecule has 0 bridgehead atoms. The third-order valence-electron chi connectivity index (χ3n) is 5.50. The van der Waals surface area contributed by atoms with Crippen LogP contribution < -0.4 is 15.5 Å². The van der Waals surface area contributed by atoms with E-state index in [2.05, 4.69) is 47.0 Å². The van der Waals surface area contributed by atoms with Crippen molar-refractivity contribution >= 4 is 22.7 Å². The summed E-state index contributed by atoms with van der Waals surface area (Å²) in [5.74, 6) is 2.29. The normalized spacial score (nSPS) is 18.3. The summed E-state index contributed by atoms with van der Waals surface area (Å²) >= 11 is 0. The molecule has 1 saturated heterocycles. The Hall–Kier alpha value is -3.91. The molecule has 0 unspecified atom stereocenters. The zero-order valence-corrected chi connectivity index (χ0v) is 18.8. The van der Waals surface area contributed by atoms with E-state index in [1.807, 2.05) is 53.2 Å². The summed E-state index contributed by atoms with van der Waals surface area (Å²) in [4.78, 5) is 11.3. The van der Waals surface area contributed by atoms with Gasteiger partial charge in [0.2, 0.25) is 0 Å². The Kier molecular flexibility index (Phi) is 5.66. The van der Waals surface area contributed by atoms with E-state index in [0.717, 1.165) is 41.4 Å². The summed E-state index contributed by atoms with van der Waals surface area (Å²) in [6.45, 7) is 9.85. The maximum absolute atomic E-state index is 5.91. The molecule has 4 aromatic rings. The molecule has 0 aliphatic carbocycles. The Morgan fingerprint density at radius 3 is 2.33 bits per heavy atom. The first-order valence-electron chi connectivity index (χ1n) is 11.0. The Labute approximate surface area is 192 Å². The molecule has 33 heavy (non-hydrogen) atoms. The lowest BCUT2D eigenvalue weighted by atomic mass is 10.2. The van der Waals surface area contributed by atoms with E-state index in [0.29, 0.717) is 11.6 Å². The third kappa shape index (κ3) is 4.65. The molecule has 1 fully saturated rings. The predicted octanol–water partition coefficient (Wildman–Crippen LogP) is 4.40. The molecule has 2 atom stereocenters. The number of fused-ring (bicyclic) bond motifs is 1. The molecule has 168 valence electrons. The van der Waals surface area contributed by atoms with Crippen LogP contribution in [0, 0.1) is 0 Å². The van der Waals surface area contributed by atoms with Crippen molar-refractivity contribution in [2.45, 2.75) is 26.1 Å². The second kappa shape index (κ2) is 8.91. The molecular weight excluding hydrogens is 414 g/mol. The lowest BCUT2D eigenvalue weighted by molar-refractivity contribution is -0.00539.